The number of nitrogens with one attached hydrogen (secondary N) is 2. The van der Waals surface area contributed by atoms with E-state index < -0.39 is 0 Å². The van der Waals surface area contributed by atoms with Gasteiger partial charge in [-0.1, -0.05) is 6.07 Å². The number of thiocarbonyl (C=S) groups is 1. The fourth-order valence-corrected chi connectivity index (χ4v) is 3.57. The minimum absolute atomic E-state index is 0.223. The van der Waals surface area contributed by atoms with Gasteiger partial charge in [-0.25, -0.2) is 4.98 Å². The van der Waals surface area contributed by atoms with E-state index in [9.17, 15) is 4.79 Å². The highest BCUT2D eigenvalue weighted by atomic mass is 127. The third kappa shape index (κ3) is 4.60. The highest BCUT2D eigenvalue weighted by Gasteiger charge is 2.11. The quantitative estimate of drug-likeness (QED) is 0.279. The lowest BCUT2D eigenvalue weighted by molar-refractivity contribution is 0.0977. The smallest absolute Gasteiger partial charge is 0.257 e. The van der Waals surface area contributed by atoms with Crippen molar-refractivity contribution in [1.29, 1.82) is 0 Å². The Morgan fingerprint density at radius 2 is 1.90 bits per heavy atom. The van der Waals surface area contributed by atoms with Crippen LogP contribution in [0.25, 0.3) is 22.6 Å². The molecule has 0 aliphatic heterocycles. The zero-order chi connectivity index (χ0) is 21.1. The molecule has 30 heavy (non-hydrogen) atoms. The number of carbonyl (C=O) groups is 1. The van der Waals surface area contributed by atoms with Crippen LogP contribution in [0.2, 0.25) is 0 Å². The van der Waals surface area contributed by atoms with Crippen molar-refractivity contribution in [3.8, 4) is 17.2 Å². The van der Waals surface area contributed by atoms with E-state index in [-0.39, 0.29) is 11.0 Å². The normalized spacial score (nSPS) is 10.6. The number of ether oxygens (including phenoxy) is 1. The Labute approximate surface area is 191 Å². The van der Waals surface area contributed by atoms with Crippen LogP contribution in [0.4, 0.5) is 5.69 Å². The van der Waals surface area contributed by atoms with Crippen molar-refractivity contribution in [1.82, 2.24) is 10.3 Å². The van der Waals surface area contributed by atoms with Crippen LogP contribution in [-0.4, -0.2) is 23.1 Å². The summed E-state index contributed by atoms with van der Waals surface area (Å²) >= 11 is 7.41. The predicted octanol–water partition coefficient (Wildman–Crippen LogP) is 5.23. The van der Waals surface area contributed by atoms with Crippen molar-refractivity contribution in [3.63, 3.8) is 0 Å². The van der Waals surface area contributed by atoms with E-state index >= 15 is 0 Å². The minimum atomic E-state index is -0.260. The molecule has 0 fully saturated rings. The van der Waals surface area contributed by atoms with E-state index in [4.69, 9.17) is 21.4 Å². The lowest BCUT2D eigenvalue weighted by atomic mass is 10.2. The highest BCUT2D eigenvalue weighted by Crippen LogP contribution is 2.27. The zero-order valence-electron chi connectivity index (χ0n) is 15.8. The second kappa shape index (κ2) is 8.80. The van der Waals surface area contributed by atoms with Crippen molar-refractivity contribution in [2.24, 2.45) is 0 Å². The van der Waals surface area contributed by atoms with Crippen molar-refractivity contribution in [2.75, 3.05) is 12.4 Å². The van der Waals surface area contributed by atoms with Gasteiger partial charge in [-0.2, -0.15) is 0 Å². The third-order valence-corrected chi connectivity index (χ3v) is 5.17. The van der Waals surface area contributed by atoms with E-state index in [0.29, 0.717) is 17.0 Å². The summed E-state index contributed by atoms with van der Waals surface area (Å²) in [4.78, 5) is 16.8. The van der Waals surface area contributed by atoms with Crippen LogP contribution in [0.15, 0.2) is 71.1 Å². The second-order valence-electron chi connectivity index (χ2n) is 6.35. The molecule has 0 unspecified atom stereocenters. The Hall–Kier alpha value is -2.98. The van der Waals surface area contributed by atoms with E-state index in [1.165, 1.54) is 0 Å². The highest BCUT2D eigenvalue weighted by molar-refractivity contribution is 14.1. The Morgan fingerprint density at radius 3 is 2.63 bits per heavy atom. The van der Waals surface area contributed by atoms with Gasteiger partial charge >= 0.3 is 0 Å². The maximum absolute atomic E-state index is 12.3. The Kier molecular flexibility index (Phi) is 5.96. The van der Waals surface area contributed by atoms with Crippen molar-refractivity contribution >= 4 is 62.6 Å². The molecule has 1 aromatic heterocycles. The molecule has 3 aromatic carbocycles. The van der Waals surface area contributed by atoms with Crippen molar-refractivity contribution in [3.05, 3.63) is 75.9 Å². The van der Waals surface area contributed by atoms with Gasteiger partial charge in [0.25, 0.3) is 5.91 Å². The van der Waals surface area contributed by atoms with Gasteiger partial charge in [0.2, 0.25) is 5.89 Å². The number of oxazole rings is 1. The molecule has 0 bridgehead atoms. The van der Waals surface area contributed by atoms with Gasteiger partial charge in [-0.05, 0) is 89.4 Å². The van der Waals surface area contributed by atoms with Gasteiger partial charge in [0, 0.05) is 26.5 Å². The molecule has 1 amide bonds. The summed E-state index contributed by atoms with van der Waals surface area (Å²) in [5, 5.41) is 5.91. The Morgan fingerprint density at radius 1 is 1.10 bits per heavy atom. The number of rotatable bonds is 4. The number of benzene rings is 3. The molecule has 4 aromatic rings. The number of nitrogens with zero attached hydrogens (tertiary/aromatic N) is 1. The van der Waals surface area contributed by atoms with E-state index in [1.54, 1.807) is 19.2 Å². The number of aromatic nitrogens is 1. The maximum atomic E-state index is 12.3. The van der Waals surface area contributed by atoms with Crippen LogP contribution in [0, 0.1) is 3.57 Å². The lowest BCUT2D eigenvalue weighted by Crippen LogP contribution is -2.34. The summed E-state index contributed by atoms with van der Waals surface area (Å²) < 4.78 is 12.0. The Bertz CT molecular complexity index is 1240. The minimum Gasteiger partial charge on any atom is -0.497 e. The van der Waals surface area contributed by atoms with E-state index in [0.717, 1.165) is 26.1 Å². The van der Waals surface area contributed by atoms with Crippen LogP contribution in [0.1, 0.15) is 10.4 Å². The zero-order valence-corrected chi connectivity index (χ0v) is 18.8. The molecule has 0 radical (unpaired) electrons. The summed E-state index contributed by atoms with van der Waals surface area (Å²) in [6.07, 6.45) is 0. The average molecular weight is 529 g/mol. The largest absolute Gasteiger partial charge is 0.497 e. The lowest BCUT2D eigenvalue weighted by Gasteiger charge is -2.10. The Balaban J connectivity index is 1.43. The first-order valence-corrected chi connectivity index (χ1v) is 10.4. The topological polar surface area (TPSA) is 76.4 Å². The summed E-state index contributed by atoms with van der Waals surface area (Å²) in [6.45, 7) is 0. The number of hydrogen-bond donors (Lipinski definition) is 2. The predicted molar refractivity (Wildman–Crippen MR) is 129 cm³/mol. The third-order valence-electron chi connectivity index (χ3n) is 4.30. The molecule has 0 saturated heterocycles. The fraction of sp³-hybridized carbons (Fsp3) is 0.0455. The molecular weight excluding hydrogens is 513 g/mol. The fourth-order valence-electron chi connectivity index (χ4n) is 2.82. The number of anilines is 1. The van der Waals surface area contributed by atoms with E-state index in [1.807, 2.05) is 54.6 Å². The van der Waals surface area contributed by atoms with Crippen LogP contribution in [0.5, 0.6) is 5.75 Å². The van der Waals surface area contributed by atoms with Gasteiger partial charge in [0.15, 0.2) is 10.7 Å². The van der Waals surface area contributed by atoms with Crippen LogP contribution >= 0.6 is 34.8 Å². The molecule has 150 valence electrons. The van der Waals surface area contributed by atoms with Gasteiger partial charge in [-0.15, -0.1) is 0 Å². The summed E-state index contributed by atoms with van der Waals surface area (Å²) in [6, 6.07) is 20.2. The van der Waals surface area contributed by atoms with Crippen molar-refractivity contribution < 1.29 is 13.9 Å². The number of methoxy groups -OCH3 is 1. The first-order valence-electron chi connectivity index (χ1n) is 8.95. The molecule has 2 N–H and O–H groups in total. The molecular formula is C22H16IN3O3S. The van der Waals surface area contributed by atoms with E-state index in [2.05, 4.69) is 38.2 Å². The van der Waals surface area contributed by atoms with Gasteiger partial charge < -0.3 is 14.5 Å². The van der Waals surface area contributed by atoms with Crippen LogP contribution in [-0.2, 0) is 0 Å². The molecule has 0 saturated carbocycles. The first kappa shape index (κ1) is 20.3. The number of hydrogen-bond acceptors (Lipinski definition) is 5. The van der Waals surface area contributed by atoms with Gasteiger partial charge in [-0.3, -0.25) is 10.1 Å². The molecule has 1 heterocycles. The number of amides is 1. The molecule has 0 atom stereocenters. The van der Waals surface area contributed by atoms with Crippen LogP contribution in [0.3, 0.4) is 0 Å². The summed E-state index contributed by atoms with van der Waals surface area (Å²) in [5.74, 6) is 0.978. The van der Waals surface area contributed by atoms with Gasteiger partial charge in [0.05, 0.1) is 7.11 Å². The molecule has 0 aliphatic carbocycles. The SMILES string of the molecule is COc1ccc2oc(-c3ccc(NC(=S)NC(=O)c4cccc(I)c4)cc3)nc2c1. The van der Waals surface area contributed by atoms with Gasteiger partial charge in [0.1, 0.15) is 11.3 Å². The summed E-state index contributed by atoms with van der Waals surface area (Å²) in [5.41, 5.74) is 3.53. The number of fused-ring (bicyclic) bond motifs is 1. The van der Waals surface area contributed by atoms with Crippen LogP contribution < -0.4 is 15.4 Å². The molecule has 4 rings (SSSR count). The number of halogens is 1. The first-order chi connectivity index (χ1) is 14.5. The monoisotopic (exact) mass is 529 g/mol. The molecule has 0 aliphatic rings. The molecule has 8 heteroatoms. The molecule has 0 spiro atoms. The number of carbonyl (C=O) groups excluding carboxylic acids is 1. The maximum Gasteiger partial charge on any atom is 0.257 e. The standard InChI is InChI=1S/C22H16IN3O3S/c1-28-17-9-10-19-18(12-17)25-21(29-19)13-5-7-16(8-6-13)24-22(30)26-20(27)14-3-2-4-15(23)11-14/h2-12H,1H3,(H2,24,26,27,30). The average Bonchev–Trinajstić information content (AvgIpc) is 3.17. The molecule has 6 nitrogen and oxygen atoms in total. The van der Waals surface area contributed by atoms with Crippen molar-refractivity contribution in [2.45, 2.75) is 0 Å². The summed E-state index contributed by atoms with van der Waals surface area (Å²) in [7, 11) is 1.61. The second-order valence-corrected chi connectivity index (χ2v) is 8.00.